The van der Waals surface area contributed by atoms with E-state index < -0.39 is 0 Å². The molecular formula is C25H20Cl3NO2. The molecule has 0 radical (unpaired) electrons. The van der Waals surface area contributed by atoms with Crippen molar-refractivity contribution in [3.05, 3.63) is 92.4 Å². The summed E-state index contributed by atoms with van der Waals surface area (Å²) in [6.07, 6.45) is 2.77. The predicted molar refractivity (Wildman–Crippen MR) is 129 cm³/mol. The molecule has 0 spiro atoms. The Hall–Kier alpha value is -2.46. The molecule has 1 heterocycles. The summed E-state index contributed by atoms with van der Waals surface area (Å²) < 4.78 is 5.84. The van der Waals surface area contributed by atoms with Crippen LogP contribution in [0.2, 0.25) is 15.1 Å². The van der Waals surface area contributed by atoms with Gasteiger partial charge in [-0.3, -0.25) is 4.79 Å². The lowest BCUT2D eigenvalue weighted by atomic mass is 10.0. The summed E-state index contributed by atoms with van der Waals surface area (Å²) in [6.45, 7) is 3.07. The van der Waals surface area contributed by atoms with Crippen molar-refractivity contribution in [3.63, 3.8) is 0 Å². The largest absolute Gasteiger partial charge is 0.487 e. The Morgan fingerprint density at radius 3 is 2.48 bits per heavy atom. The second-order valence-electron chi connectivity index (χ2n) is 7.26. The number of ether oxygens (including phenoxy) is 1. The molecule has 3 aromatic rings. The number of fused-ring (bicyclic) bond motifs is 1. The summed E-state index contributed by atoms with van der Waals surface area (Å²) >= 11 is 18.5. The highest BCUT2D eigenvalue weighted by Gasteiger charge is 2.31. The van der Waals surface area contributed by atoms with E-state index in [-0.39, 0.29) is 5.91 Å². The predicted octanol–water partition coefficient (Wildman–Crippen LogP) is 7.52. The number of nitrogens with zero attached hydrogens (tertiary/aromatic N) is 1. The molecule has 0 fully saturated rings. The van der Waals surface area contributed by atoms with Crippen molar-refractivity contribution in [1.82, 2.24) is 0 Å². The number of para-hydroxylation sites is 1. The summed E-state index contributed by atoms with van der Waals surface area (Å²) in [5.41, 5.74) is 4.29. The molecule has 0 aliphatic carbocycles. The summed E-state index contributed by atoms with van der Waals surface area (Å²) in [7, 11) is 0. The molecule has 6 heteroatoms. The number of hydrogen-bond acceptors (Lipinski definition) is 2. The van der Waals surface area contributed by atoms with Crippen LogP contribution in [0.1, 0.15) is 30.0 Å². The van der Waals surface area contributed by atoms with Crippen LogP contribution in [0, 0.1) is 0 Å². The second kappa shape index (κ2) is 9.35. The molecule has 1 aliphatic rings. The molecule has 0 bridgehead atoms. The first kappa shape index (κ1) is 21.8. The number of carbonyl (C=O) groups excluding carboxylic acids is 1. The summed E-state index contributed by atoms with van der Waals surface area (Å²) in [5, 5.41) is 1.45. The van der Waals surface area contributed by atoms with Gasteiger partial charge in [0.1, 0.15) is 12.4 Å². The van der Waals surface area contributed by atoms with Gasteiger partial charge in [-0.05, 0) is 54.0 Å². The Morgan fingerprint density at radius 2 is 1.74 bits per heavy atom. The number of anilines is 1. The molecule has 0 N–H and O–H groups in total. The summed E-state index contributed by atoms with van der Waals surface area (Å²) in [6, 6.07) is 18.7. The molecule has 31 heavy (non-hydrogen) atoms. The number of rotatable bonds is 6. The van der Waals surface area contributed by atoms with Gasteiger partial charge in [-0.25, -0.2) is 0 Å². The Balaban J connectivity index is 1.56. The molecule has 1 aliphatic heterocycles. The highest BCUT2D eigenvalue weighted by Crippen LogP contribution is 2.38. The lowest BCUT2D eigenvalue weighted by molar-refractivity contribution is -0.113. The normalized spacial score (nSPS) is 14.3. The quantitative estimate of drug-likeness (QED) is 0.347. The maximum atomic E-state index is 13.0. The van der Waals surface area contributed by atoms with Gasteiger partial charge in [-0.15, -0.1) is 0 Å². The average molecular weight is 473 g/mol. The molecule has 4 rings (SSSR count). The van der Waals surface area contributed by atoms with Gasteiger partial charge in [-0.1, -0.05) is 72.1 Å². The van der Waals surface area contributed by atoms with Crippen LogP contribution in [0.5, 0.6) is 5.75 Å². The first-order valence-electron chi connectivity index (χ1n) is 9.97. The highest BCUT2D eigenvalue weighted by atomic mass is 35.5. The molecule has 0 aromatic heterocycles. The summed E-state index contributed by atoms with van der Waals surface area (Å²) in [5.74, 6) is 0.569. The van der Waals surface area contributed by atoms with E-state index in [1.54, 1.807) is 24.3 Å². The second-order valence-corrected chi connectivity index (χ2v) is 8.48. The lowest BCUT2D eigenvalue weighted by Crippen LogP contribution is -2.26. The summed E-state index contributed by atoms with van der Waals surface area (Å²) in [4.78, 5) is 14.8. The molecule has 0 saturated carbocycles. The Bertz CT molecular complexity index is 1170. The maximum Gasteiger partial charge on any atom is 0.258 e. The average Bonchev–Trinajstić information content (AvgIpc) is 3.02. The Morgan fingerprint density at radius 1 is 0.935 bits per heavy atom. The van der Waals surface area contributed by atoms with Crippen LogP contribution in [0.3, 0.4) is 0 Å². The molecule has 0 atom stereocenters. The third-order valence-corrected chi connectivity index (χ3v) is 6.09. The third-order valence-electron chi connectivity index (χ3n) is 5.05. The van der Waals surface area contributed by atoms with Crippen molar-refractivity contribution in [1.29, 1.82) is 0 Å². The van der Waals surface area contributed by atoms with E-state index >= 15 is 0 Å². The molecule has 1 amide bonds. The van der Waals surface area contributed by atoms with Gasteiger partial charge in [0.15, 0.2) is 0 Å². The Labute approximate surface area is 196 Å². The van der Waals surface area contributed by atoms with Gasteiger partial charge in [0, 0.05) is 17.7 Å². The van der Waals surface area contributed by atoms with Gasteiger partial charge >= 0.3 is 0 Å². The Kier molecular flexibility index (Phi) is 6.57. The van der Waals surface area contributed by atoms with Crippen molar-refractivity contribution in [2.45, 2.75) is 20.0 Å². The number of halogens is 3. The minimum absolute atomic E-state index is 0.0131. The van der Waals surface area contributed by atoms with E-state index in [0.717, 1.165) is 28.8 Å². The monoisotopic (exact) mass is 471 g/mol. The van der Waals surface area contributed by atoms with Crippen molar-refractivity contribution >= 4 is 58.0 Å². The van der Waals surface area contributed by atoms with E-state index in [2.05, 4.69) is 6.92 Å². The van der Waals surface area contributed by atoms with E-state index in [0.29, 0.717) is 39.5 Å². The van der Waals surface area contributed by atoms with Gasteiger partial charge in [-0.2, -0.15) is 0 Å². The van der Waals surface area contributed by atoms with Crippen LogP contribution in [0.25, 0.3) is 11.6 Å². The van der Waals surface area contributed by atoms with Crippen LogP contribution in [-0.2, 0) is 11.4 Å². The number of benzene rings is 3. The van der Waals surface area contributed by atoms with Crippen molar-refractivity contribution in [2.24, 2.45) is 0 Å². The standard InChI is InChI=1S/C25H20Cl3NO2/c1-2-11-29-23-6-4-3-5-18(23)19(25(29)30)12-16-8-10-24(22(28)13-16)31-15-17-7-9-20(26)21(27)14-17/h3-10,12-14H,2,11,15H2,1H3/b19-12-. The lowest BCUT2D eigenvalue weighted by Gasteiger charge is -2.15. The van der Waals surface area contributed by atoms with Crippen LogP contribution in [0.15, 0.2) is 60.7 Å². The number of hydrogen-bond donors (Lipinski definition) is 0. The fraction of sp³-hybridized carbons (Fsp3) is 0.160. The SMILES string of the molecule is CCCN1C(=O)/C(=C\c2ccc(OCc3ccc(Cl)c(Cl)c3)c(Cl)c2)c2ccccc21. The first-order valence-corrected chi connectivity index (χ1v) is 11.1. The smallest absolute Gasteiger partial charge is 0.258 e. The van der Waals surface area contributed by atoms with E-state index in [4.69, 9.17) is 39.5 Å². The zero-order valence-corrected chi connectivity index (χ0v) is 19.1. The minimum Gasteiger partial charge on any atom is -0.487 e. The number of amides is 1. The van der Waals surface area contributed by atoms with Crippen LogP contribution in [0.4, 0.5) is 5.69 Å². The molecule has 3 aromatic carbocycles. The van der Waals surface area contributed by atoms with E-state index in [1.807, 2.05) is 47.4 Å². The van der Waals surface area contributed by atoms with Crippen molar-refractivity contribution in [2.75, 3.05) is 11.4 Å². The van der Waals surface area contributed by atoms with Crippen LogP contribution < -0.4 is 9.64 Å². The van der Waals surface area contributed by atoms with Gasteiger partial charge in [0.05, 0.1) is 20.8 Å². The van der Waals surface area contributed by atoms with Gasteiger partial charge in [0.25, 0.3) is 5.91 Å². The van der Waals surface area contributed by atoms with Gasteiger partial charge in [0.2, 0.25) is 0 Å². The molecule has 0 unspecified atom stereocenters. The fourth-order valence-corrected chi connectivity index (χ4v) is 4.14. The first-order chi connectivity index (χ1) is 15.0. The fourth-order valence-electron chi connectivity index (χ4n) is 3.57. The minimum atomic E-state index is 0.0131. The molecule has 3 nitrogen and oxygen atoms in total. The number of carbonyl (C=O) groups is 1. The van der Waals surface area contributed by atoms with Crippen molar-refractivity contribution in [3.8, 4) is 5.75 Å². The topological polar surface area (TPSA) is 29.5 Å². The van der Waals surface area contributed by atoms with Crippen molar-refractivity contribution < 1.29 is 9.53 Å². The van der Waals surface area contributed by atoms with Gasteiger partial charge < -0.3 is 9.64 Å². The van der Waals surface area contributed by atoms with Crippen LogP contribution >= 0.6 is 34.8 Å². The van der Waals surface area contributed by atoms with E-state index in [9.17, 15) is 4.79 Å². The zero-order valence-electron chi connectivity index (χ0n) is 16.9. The highest BCUT2D eigenvalue weighted by molar-refractivity contribution is 6.42. The molecular weight excluding hydrogens is 453 g/mol. The maximum absolute atomic E-state index is 13.0. The van der Waals surface area contributed by atoms with E-state index in [1.165, 1.54) is 0 Å². The third kappa shape index (κ3) is 4.59. The zero-order chi connectivity index (χ0) is 22.0. The van der Waals surface area contributed by atoms with Crippen LogP contribution in [-0.4, -0.2) is 12.5 Å². The molecule has 158 valence electrons. The molecule has 0 saturated heterocycles.